The van der Waals surface area contributed by atoms with Crippen LogP contribution < -0.4 is 16.4 Å². The maximum atomic E-state index is 11.0. The number of unbranched alkanes of at least 4 members (excludes halogenated alkanes) is 1. The third-order valence-electron chi connectivity index (χ3n) is 2.07. The van der Waals surface area contributed by atoms with E-state index in [2.05, 4.69) is 22.5 Å². The van der Waals surface area contributed by atoms with E-state index in [0.29, 0.717) is 5.69 Å². The maximum Gasteiger partial charge on any atom is 0.238 e. The summed E-state index contributed by atoms with van der Waals surface area (Å²) in [4.78, 5) is 15.2. The number of hydrogen-bond donors (Lipinski definition) is 3. The normalized spacial score (nSPS) is 9.88. The fourth-order valence-electron chi connectivity index (χ4n) is 1.18. The van der Waals surface area contributed by atoms with Gasteiger partial charge in [0.05, 0.1) is 18.4 Å². The lowest BCUT2D eigenvalue weighted by molar-refractivity contribution is -0.114. The van der Waals surface area contributed by atoms with E-state index >= 15 is 0 Å². The van der Waals surface area contributed by atoms with Gasteiger partial charge in [0.2, 0.25) is 5.91 Å². The number of nitrogens with one attached hydrogen (secondary N) is 2. The molecule has 0 unspecified atom stereocenters. The Morgan fingerprint density at radius 2 is 2.31 bits per heavy atom. The van der Waals surface area contributed by atoms with E-state index in [4.69, 9.17) is 5.73 Å². The minimum atomic E-state index is -0.214. The summed E-state index contributed by atoms with van der Waals surface area (Å²) >= 11 is 0. The van der Waals surface area contributed by atoms with Gasteiger partial charge in [0.25, 0.3) is 0 Å². The van der Waals surface area contributed by atoms with E-state index in [1.807, 2.05) is 6.07 Å². The summed E-state index contributed by atoms with van der Waals surface area (Å²) in [6.07, 6.45) is 3.88. The minimum absolute atomic E-state index is 0.0174. The lowest BCUT2D eigenvalue weighted by Gasteiger charge is -2.06. The molecule has 1 rings (SSSR count). The summed E-state index contributed by atoms with van der Waals surface area (Å²) in [6.45, 7) is 3.04. The molecule has 5 nitrogen and oxygen atoms in total. The molecule has 0 aliphatic heterocycles. The summed E-state index contributed by atoms with van der Waals surface area (Å²) in [5.41, 5.74) is 5.85. The predicted molar refractivity (Wildman–Crippen MR) is 65.3 cm³/mol. The Kier molecular flexibility index (Phi) is 5.28. The van der Waals surface area contributed by atoms with Crippen LogP contribution in [0.2, 0.25) is 0 Å². The average molecular weight is 222 g/mol. The number of hydrogen-bond acceptors (Lipinski definition) is 4. The molecule has 88 valence electrons. The van der Waals surface area contributed by atoms with Gasteiger partial charge in [0.1, 0.15) is 5.82 Å². The lowest BCUT2D eigenvalue weighted by Crippen LogP contribution is -2.21. The Labute approximate surface area is 95.4 Å². The Morgan fingerprint density at radius 3 is 2.88 bits per heavy atom. The number of aromatic nitrogens is 1. The molecule has 4 N–H and O–H groups in total. The number of anilines is 2. The SMILES string of the molecule is CCCCNc1ccc(NC(=O)CN)cn1. The van der Waals surface area contributed by atoms with Crippen molar-refractivity contribution in [2.24, 2.45) is 5.73 Å². The van der Waals surface area contributed by atoms with Crippen molar-refractivity contribution in [1.29, 1.82) is 0 Å². The predicted octanol–water partition coefficient (Wildman–Crippen LogP) is 1.19. The molecule has 0 aromatic carbocycles. The molecular formula is C11H18N4O. The lowest BCUT2D eigenvalue weighted by atomic mass is 10.3. The number of carbonyl (C=O) groups is 1. The van der Waals surface area contributed by atoms with E-state index in [0.717, 1.165) is 25.2 Å². The monoisotopic (exact) mass is 222 g/mol. The van der Waals surface area contributed by atoms with E-state index in [1.165, 1.54) is 0 Å². The Hall–Kier alpha value is -1.62. The van der Waals surface area contributed by atoms with Crippen LogP contribution in [-0.2, 0) is 4.79 Å². The van der Waals surface area contributed by atoms with Crippen molar-refractivity contribution >= 4 is 17.4 Å². The van der Waals surface area contributed by atoms with Crippen LogP contribution in [0.3, 0.4) is 0 Å². The summed E-state index contributed by atoms with van der Waals surface area (Å²) in [7, 11) is 0. The Morgan fingerprint density at radius 1 is 1.50 bits per heavy atom. The molecule has 0 radical (unpaired) electrons. The van der Waals surface area contributed by atoms with Crippen LogP contribution in [0, 0.1) is 0 Å². The summed E-state index contributed by atoms with van der Waals surface area (Å²) in [5, 5.41) is 5.82. The smallest absolute Gasteiger partial charge is 0.238 e. The highest BCUT2D eigenvalue weighted by molar-refractivity contribution is 5.91. The van der Waals surface area contributed by atoms with Crippen molar-refractivity contribution in [3.63, 3.8) is 0 Å². The molecule has 16 heavy (non-hydrogen) atoms. The van der Waals surface area contributed by atoms with Crippen LogP contribution in [0.15, 0.2) is 18.3 Å². The summed E-state index contributed by atoms with van der Waals surface area (Å²) < 4.78 is 0. The van der Waals surface area contributed by atoms with Crippen LogP contribution in [-0.4, -0.2) is 24.0 Å². The highest BCUT2D eigenvalue weighted by atomic mass is 16.1. The minimum Gasteiger partial charge on any atom is -0.370 e. The van der Waals surface area contributed by atoms with Crippen molar-refractivity contribution < 1.29 is 4.79 Å². The zero-order valence-electron chi connectivity index (χ0n) is 9.49. The van der Waals surface area contributed by atoms with Gasteiger partial charge in [-0.25, -0.2) is 4.98 Å². The van der Waals surface area contributed by atoms with Crippen LogP contribution in [0.1, 0.15) is 19.8 Å². The molecule has 0 fully saturated rings. The Bertz CT molecular complexity index is 323. The average Bonchev–Trinajstić information content (AvgIpc) is 2.31. The highest BCUT2D eigenvalue weighted by Gasteiger charge is 1.99. The second kappa shape index (κ2) is 6.79. The second-order valence-electron chi connectivity index (χ2n) is 3.46. The molecule has 0 saturated carbocycles. The van der Waals surface area contributed by atoms with Gasteiger partial charge in [-0.15, -0.1) is 0 Å². The third-order valence-corrected chi connectivity index (χ3v) is 2.07. The first-order valence-electron chi connectivity index (χ1n) is 5.46. The van der Waals surface area contributed by atoms with Crippen molar-refractivity contribution in [2.75, 3.05) is 23.7 Å². The van der Waals surface area contributed by atoms with E-state index in [-0.39, 0.29) is 12.5 Å². The van der Waals surface area contributed by atoms with Gasteiger partial charge < -0.3 is 16.4 Å². The molecule has 1 aromatic rings. The molecule has 0 saturated heterocycles. The highest BCUT2D eigenvalue weighted by Crippen LogP contribution is 2.09. The zero-order chi connectivity index (χ0) is 11.8. The molecule has 0 spiro atoms. The summed E-state index contributed by atoms with van der Waals surface area (Å²) in [6, 6.07) is 3.64. The fourth-order valence-corrected chi connectivity index (χ4v) is 1.18. The van der Waals surface area contributed by atoms with Gasteiger partial charge in [0.15, 0.2) is 0 Å². The molecule has 0 bridgehead atoms. The van der Waals surface area contributed by atoms with Gasteiger partial charge >= 0.3 is 0 Å². The van der Waals surface area contributed by atoms with Gasteiger partial charge in [-0.3, -0.25) is 4.79 Å². The van der Waals surface area contributed by atoms with Crippen LogP contribution in [0.5, 0.6) is 0 Å². The van der Waals surface area contributed by atoms with Crippen LogP contribution in [0.4, 0.5) is 11.5 Å². The fraction of sp³-hybridized carbons (Fsp3) is 0.455. The standard InChI is InChI=1S/C11H18N4O/c1-2-3-6-13-10-5-4-9(8-14-10)15-11(16)7-12/h4-5,8H,2-3,6-7,12H2,1H3,(H,13,14)(H,15,16). The molecular weight excluding hydrogens is 204 g/mol. The number of pyridine rings is 1. The zero-order valence-corrected chi connectivity index (χ0v) is 9.49. The van der Waals surface area contributed by atoms with Gasteiger partial charge in [0, 0.05) is 6.54 Å². The maximum absolute atomic E-state index is 11.0. The van der Waals surface area contributed by atoms with Gasteiger partial charge in [-0.2, -0.15) is 0 Å². The molecule has 0 aliphatic carbocycles. The molecule has 5 heteroatoms. The van der Waals surface area contributed by atoms with Crippen molar-refractivity contribution in [2.45, 2.75) is 19.8 Å². The van der Waals surface area contributed by atoms with E-state index in [9.17, 15) is 4.79 Å². The van der Waals surface area contributed by atoms with Crippen molar-refractivity contribution in [3.8, 4) is 0 Å². The molecule has 1 aromatic heterocycles. The number of nitrogens with zero attached hydrogens (tertiary/aromatic N) is 1. The topological polar surface area (TPSA) is 80.0 Å². The number of carbonyl (C=O) groups excluding carboxylic acids is 1. The van der Waals surface area contributed by atoms with Gasteiger partial charge in [-0.1, -0.05) is 13.3 Å². The Balaban J connectivity index is 2.44. The molecule has 1 heterocycles. The molecule has 1 amide bonds. The molecule has 0 atom stereocenters. The number of amides is 1. The number of nitrogens with two attached hydrogens (primary N) is 1. The first-order valence-corrected chi connectivity index (χ1v) is 5.46. The molecule has 0 aliphatic rings. The third kappa shape index (κ3) is 4.27. The largest absolute Gasteiger partial charge is 0.370 e. The quantitative estimate of drug-likeness (QED) is 0.632. The van der Waals surface area contributed by atoms with E-state index in [1.54, 1.807) is 12.3 Å². The first-order chi connectivity index (χ1) is 7.76. The van der Waals surface area contributed by atoms with Gasteiger partial charge in [-0.05, 0) is 18.6 Å². The van der Waals surface area contributed by atoms with E-state index < -0.39 is 0 Å². The van der Waals surface area contributed by atoms with Crippen LogP contribution >= 0.6 is 0 Å². The summed E-state index contributed by atoms with van der Waals surface area (Å²) in [5.74, 6) is 0.604. The van der Waals surface area contributed by atoms with Crippen molar-refractivity contribution in [1.82, 2.24) is 4.98 Å². The number of rotatable bonds is 6. The van der Waals surface area contributed by atoms with Crippen molar-refractivity contribution in [3.05, 3.63) is 18.3 Å². The second-order valence-corrected chi connectivity index (χ2v) is 3.46. The first kappa shape index (κ1) is 12.4. The van der Waals surface area contributed by atoms with Crippen LogP contribution in [0.25, 0.3) is 0 Å².